The van der Waals surface area contributed by atoms with Crippen LogP contribution in [-0.4, -0.2) is 27.6 Å². The molecule has 162 valence electrons. The monoisotopic (exact) mass is 433 g/mol. The second kappa shape index (κ2) is 8.71. The van der Waals surface area contributed by atoms with Crippen LogP contribution in [0.5, 0.6) is 0 Å². The van der Waals surface area contributed by atoms with E-state index < -0.39 is 5.54 Å². The van der Waals surface area contributed by atoms with E-state index in [4.69, 9.17) is 4.74 Å². The predicted molar refractivity (Wildman–Crippen MR) is 128 cm³/mol. The lowest BCUT2D eigenvalue weighted by Gasteiger charge is -2.36. The number of nitrogens with zero attached hydrogens (tertiary/aromatic N) is 3. The molecule has 4 aromatic carbocycles. The van der Waals surface area contributed by atoms with Gasteiger partial charge in [-0.2, -0.15) is 0 Å². The number of esters is 1. The molecule has 5 heteroatoms. The van der Waals surface area contributed by atoms with Crippen molar-refractivity contribution in [3.8, 4) is 0 Å². The number of fused-ring (bicyclic) bond motifs is 1. The summed E-state index contributed by atoms with van der Waals surface area (Å²) in [6, 6.07) is 36.1. The summed E-state index contributed by atoms with van der Waals surface area (Å²) in [5.41, 5.74) is 4.23. The first kappa shape index (κ1) is 20.6. The number of carbonyl (C=O) groups excluding carboxylic acids is 1. The Morgan fingerprint density at radius 3 is 1.79 bits per heavy atom. The van der Waals surface area contributed by atoms with Crippen molar-refractivity contribution in [2.24, 2.45) is 0 Å². The number of hydrogen-bond donors (Lipinski definition) is 0. The Hall–Kier alpha value is -4.25. The number of ether oxygens (including phenoxy) is 1. The van der Waals surface area contributed by atoms with Crippen molar-refractivity contribution in [2.45, 2.75) is 12.5 Å². The van der Waals surface area contributed by atoms with Crippen LogP contribution in [0.25, 0.3) is 11.0 Å². The molecule has 0 atom stereocenters. The van der Waals surface area contributed by atoms with Gasteiger partial charge in [0.25, 0.3) is 0 Å². The van der Waals surface area contributed by atoms with Crippen LogP contribution in [0.15, 0.2) is 109 Å². The molecule has 0 unspecified atom stereocenters. The van der Waals surface area contributed by atoms with Crippen LogP contribution in [0.2, 0.25) is 0 Å². The zero-order valence-corrected chi connectivity index (χ0v) is 18.3. The minimum absolute atomic E-state index is 0.316. The van der Waals surface area contributed by atoms with E-state index in [1.807, 2.05) is 71.4 Å². The summed E-state index contributed by atoms with van der Waals surface area (Å²) in [6.45, 7) is 2.11. The molecule has 0 aliphatic rings. The average molecular weight is 434 g/mol. The highest BCUT2D eigenvalue weighted by Crippen LogP contribution is 2.41. The van der Waals surface area contributed by atoms with E-state index in [1.165, 1.54) is 0 Å². The van der Waals surface area contributed by atoms with E-state index in [2.05, 4.69) is 46.7 Å². The van der Waals surface area contributed by atoms with Gasteiger partial charge in [-0.15, -0.1) is 5.10 Å². The van der Waals surface area contributed by atoms with Crippen molar-refractivity contribution in [3.63, 3.8) is 0 Å². The lowest BCUT2D eigenvalue weighted by atomic mass is 9.77. The van der Waals surface area contributed by atoms with Crippen LogP contribution in [0, 0.1) is 0 Å². The van der Waals surface area contributed by atoms with Gasteiger partial charge in [0.15, 0.2) is 0 Å². The van der Waals surface area contributed by atoms with Crippen molar-refractivity contribution in [3.05, 3.63) is 131 Å². The summed E-state index contributed by atoms with van der Waals surface area (Å²) >= 11 is 0. The third-order valence-electron chi connectivity index (χ3n) is 5.85. The van der Waals surface area contributed by atoms with Crippen molar-refractivity contribution in [2.75, 3.05) is 6.61 Å². The SMILES string of the molecule is CCOC(=O)c1ccc2nnn(C(c3ccccc3)(c3ccccc3)c3ccccc3)c2c1. The van der Waals surface area contributed by atoms with Crippen LogP contribution >= 0.6 is 0 Å². The first-order valence-corrected chi connectivity index (χ1v) is 10.9. The molecule has 1 heterocycles. The van der Waals surface area contributed by atoms with Gasteiger partial charge in [0.05, 0.1) is 17.7 Å². The van der Waals surface area contributed by atoms with Crippen LogP contribution in [0.3, 0.4) is 0 Å². The fourth-order valence-electron chi connectivity index (χ4n) is 4.41. The van der Waals surface area contributed by atoms with Crippen LogP contribution in [0.1, 0.15) is 34.0 Å². The number of carbonyl (C=O) groups is 1. The standard InChI is InChI=1S/C28H23N3O2/c1-2-33-27(32)21-18-19-25-26(20-21)31(30-29-25)28(22-12-6-3-7-13-22,23-14-8-4-9-15-23)24-16-10-5-11-17-24/h3-20H,2H2,1H3. The van der Waals surface area contributed by atoms with Gasteiger partial charge in [-0.3, -0.25) is 0 Å². The van der Waals surface area contributed by atoms with Crippen LogP contribution < -0.4 is 0 Å². The molecular formula is C28H23N3O2. The average Bonchev–Trinajstić information content (AvgIpc) is 3.30. The Bertz CT molecular complexity index is 1280. The van der Waals surface area contributed by atoms with Crippen molar-refractivity contribution < 1.29 is 9.53 Å². The fraction of sp³-hybridized carbons (Fsp3) is 0.107. The van der Waals surface area contributed by atoms with E-state index in [0.29, 0.717) is 17.7 Å². The molecular weight excluding hydrogens is 410 g/mol. The van der Waals surface area contributed by atoms with E-state index >= 15 is 0 Å². The molecule has 0 bridgehead atoms. The van der Waals surface area contributed by atoms with Crippen LogP contribution in [-0.2, 0) is 10.3 Å². The molecule has 0 saturated carbocycles. The maximum Gasteiger partial charge on any atom is 0.338 e. The summed E-state index contributed by atoms with van der Waals surface area (Å²) in [5.74, 6) is -0.364. The highest BCUT2D eigenvalue weighted by Gasteiger charge is 2.40. The smallest absolute Gasteiger partial charge is 0.338 e. The molecule has 33 heavy (non-hydrogen) atoms. The fourth-order valence-corrected chi connectivity index (χ4v) is 4.41. The molecule has 0 spiro atoms. The first-order valence-electron chi connectivity index (χ1n) is 10.9. The Morgan fingerprint density at radius 2 is 1.30 bits per heavy atom. The van der Waals surface area contributed by atoms with Gasteiger partial charge in [0.1, 0.15) is 11.1 Å². The Balaban J connectivity index is 1.89. The van der Waals surface area contributed by atoms with E-state index in [1.54, 1.807) is 13.0 Å². The molecule has 1 aromatic heterocycles. The molecule has 0 amide bonds. The number of aromatic nitrogens is 3. The van der Waals surface area contributed by atoms with Crippen molar-refractivity contribution in [1.29, 1.82) is 0 Å². The van der Waals surface area contributed by atoms with Crippen molar-refractivity contribution in [1.82, 2.24) is 15.0 Å². The molecule has 0 aliphatic heterocycles. The van der Waals surface area contributed by atoms with Gasteiger partial charge < -0.3 is 4.74 Å². The number of hydrogen-bond acceptors (Lipinski definition) is 4. The summed E-state index contributed by atoms with van der Waals surface area (Å²) in [4.78, 5) is 12.5. The third kappa shape index (κ3) is 3.48. The molecule has 0 saturated heterocycles. The molecule has 0 radical (unpaired) electrons. The molecule has 0 fully saturated rings. The number of benzene rings is 4. The summed E-state index contributed by atoms with van der Waals surface area (Å²) in [6.07, 6.45) is 0. The van der Waals surface area contributed by atoms with Gasteiger partial charge in [0, 0.05) is 0 Å². The highest BCUT2D eigenvalue weighted by molar-refractivity contribution is 5.93. The quantitative estimate of drug-likeness (QED) is 0.264. The first-order chi connectivity index (χ1) is 16.2. The zero-order valence-electron chi connectivity index (χ0n) is 18.3. The lowest BCUT2D eigenvalue weighted by molar-refractivity contribution is 0.0526. The third-order valence-corrected chi connectivity index (χ3v) is 5.85. The minimum Gasteiger partial charge on any atom is -0.462 e. The highest BCUT2D eigenvalue weighted by atomic mass is 16.5. The second-order valence-corrected chi connectivity index (χ2v) is 7.73. The second-order valence-electron chi connectivity index (χ2n) is 7.73. The molecule has 5 nitrogen and oxygen atoms in total. The molecule has 5 rings (SSSR count). The van der Waals surface area contributed by atoms with Crippen molar-refractivity contribution >= 4 is 17.0 Å². The van der Waals surface area contributed by atoms with E-state index in [-0.39, 0.29) is 5.97 Å². The summed E-state index contributed by atoms with van der Waals surface area (Å²) in [5, 5.41) is 9.13. The van der Waals surface area contributed by atoms with Gasteiger partial charge in [-0.1, -0.05) is 96.2 Å². The predicted octanol–water partition coefficient (Wildman–Crippen LogP) is 5.45. The van der Waals surface area contributed by atoms with Gasteiger partial charge >= 0.3 is 5.97 Å². The Labute approximate surface area is 192 Å². The molecule has 5 aromatic rings. The largest absolute Gasteiger partial charge is 0.462 e. The van der Waals surface area contributed by atoms with E-state index in [9.17, 15) is 4.79 Å². The lowest BCUT2D eigenvalue weighted by Crippen LogP contribution is -2.38. The zero-order chi connectivity index (χ0) is 22.7. The van der Waals surface area contributed by atoms with Gasteiger partial charge in [-0.25, -0.2) is 9.48 Å². The molecule has 0 N–H and O–H groups in total. The number of rotatable bonds is 6. The maximum atomic E-state index is 12.5. The Morgan fingerprint density at radius 1 is 0.788 bits per heavy atom. The summed E-state index contributed by atoms with van der Waals surface area (Å²) in [7, 11) is 0. The maximum absolute atomic E-state index is 12.5. The van der Waals surface area contributed by atoms with Gasteiger partial charge in [-0.05, 0) is 41.8 Å². The normalized spacial score (nSPS) is 11.4. The summed E-state index contributed by atoms with van der Waals surface area (Å²) < 4.78 is 7.17. The van der Waals surface area contributed by atoms with E-state index in [0.717, 1.165) is 22.2 Å². The Kier molecular flexibility index (Phi) is 5.45. The van der Waals surface area contributed by atoms with Crippen LogP contribution in [0.4, 0.5) is 0 Å². The molecule has 0 aliphatic carbocycles. The minimum atomic E-state index is -0.800. The topological polar surface area (TPSA) is 57.0 Å². The van der Waals surface area contributed by atoms with Gasteiger partial charge in [0.2, 0.25) is 0 Å².